The molecule has 0 saturated carbocycles. The molecule has 0 N–H and O–H groups in total. The van der Waals surface area contributed by atoms with Gasteiger partial charge in [0.25, 0.3) is 0 Å². The Hall–Kier alpha value is -0.590. The quantitative estimate of drug-likeness (QED) is 0.526. The average molecular weight is 115 g/mol. The van der Waals surface area contributed by atoms with E-state index in [4.69, 9.17) is 5.26 Å². The summed E-state index contributed by atoms with van der Waals surface area (Å²) in [5, 5.41) is 8.20. The highest BCUT2D eigenvalue weighted by Gasteiger charge is 2.00. The maximum Gasteiger partial charge on any atom is 0.166 e. The van der Waals surface area contributed by atoms with Crippen molar-refractivity contribution in [3.8, 4) is 6.07 Å². The number of methoxy groups -OCH3 is 2. The Labute approximate surface area is 48.8 Å². The number of hydrogen-bond acceptors (Lipinski definition) is 3. The monoisotopic (exact) mass is 115 g/mol. The smallest absolute Gasteiger partial charge is 0.166 e. The summed E-state index contributed by atoms with van der Waals surface area (Å²) in [6.45, 7) is 0.340. The summed E-state index contributed by atoms with van der Waals surface area (Å²) in [5.74, 6) is 0. The largest absolute Gasteiger partial charge is 0.381 e. The average Bonchev–Trinajstić information content (AvgIpc) is 1.83. The highest BCUT2D eigenvalue weighted by molar-refractivity contribution is 4.82. The van der Waals surface area contributed by atoms with Crippen LogP contribution in [0, 0.1) is 11.3 Å². The molecule has 46 valence electrons. The van der Waals surface area contributed by atoms with E-state index in [0.717, 1.165) is 0 Å². The molecule has 0 unspecified atom stereocenters. The summed E-state index contributed by atoms with van der Waals surface area (Å²) < 4.78 is 9.29. The van der Waals surface area contributed by atoms with Gasteiger partial charge in [-0.1, -0.05) is 0 Å². The lowest BCUT2D eigenvalue weighted by atomic mass is 10.4. The lowest BCUT2D eigenvalue weighted by Crippen LogP contribution is -2.13. The van der Waals surface area contributed by atoms with E-state index >= 15 is 0 Å². The van der Waals surface area contributed by atoms with Crippen LogP contribution in [0.15, 0.2) is 0 Å². The van der Waals surface area contributed by atoms with Crippen molar-refractivity contribution < 1.29 is 9.47 Å². The van der Waals surface area contributed by atoms with Crippen LogP contribution >= 0.6 is 0 Å². The summed E-state index contributed by atoms with van der Waals surface area (Å²) in [7, 11) is 3.01. The van der Waals surface area contributed by atoms with Crippen LogP contribution in [0.5, 0.6) is 0 Å². The number of ether oxygens (including phenoxy) is 2. The molecule has 8 heavy (non-hydrogen) atoms. The van der Waals surface area contributed by atoms with Crippen molar-refractivity contribution in [3.63, 3.8) is 0 Å². The first-order chi connectivity index (χ1) is 3.85. The first kappa shape index (κ1) is 7.41. The molecule has 0 aliphatic rings. The van der Waals surface area contributed by atoms with E-state index in [9.17, 15) is 0 Å². The van der Waals surface area contributed by atoms with Crippen molar-refractivity contribution >= 4 is 0 Å². The highest BCUT2D eigenvalue weighted by atomic mass is 16.5. The molecule has 0 aromatic carbocycles. The second kappa shape index (κ2) is 4.57. The standard InChI is InChI=1S/C5H9NO2/c1-7-4-5(3-6)8-2/h5H,4H2,1-2H3/t5-/m1/s1. The third-order valence-electron chi connectivity index (χ3n) is 0.747. The van der Waals surface area contributed by atoms with Gasteiger partial charge in [-0.2, -0.15) is 5.26 Å². The van der Waals surface area contributed by atoms with Gasteiger partial charge in [0.2, 0.25) is 0 Å². The zero-order chi connectivity index (χ0) is 6.41. The molecule has 0 aliphatic carbocycles. The van der Waals surface area contributed by atoms with Gasteiger partial charge in [-0.3, -0.25) is 0 Å². The van der Waals surface area contributed by atoms with Crippen molar-refractivity contribution in [1.82, 2.24) is 0 Å². The maximum atomic E-state index is 8.20. The van der Waals surface area contributed by atoms with E-state index in [0.29, 0.717) is 6.61 Å². The van der Waals surface area contributed by atoms with Crippen LogP contribution in [-0.2, 0) is 9.47 Å². The number of nitrogens with zero attached hydrogens (tertiary/aromatic N) is 1. The molecule has 0 radical (unpaired) electrons. The molecule has 3 heteroatoms. The Morgan fingerprint density at radius 1 is 1.62 bits per heavy atom. The van der Waals surface area contributed by atoms with Gasteiger partial charge in [-0.15, -0.1) is 0 Å². The molecule has 3 nitrogen and oxygen atoms in total. The molecule has 0 spiro atoms. The van der Waals surface area contributed by atoms with E-state index < -0.39 is 6.10 Å². The van der Waals surface area contributed by atoms with Gasteiger partial charge >= 0.3 is 0 Å². The van der Waals surface area contributed by atoms with E-state index in [2.05, 4.69) is 9.47 Å². The molecular formula is C5H9NO2. The summed E-state index contributed by atoms with van der Waals surface area (Å²) in [6.07, 6.45) is -0.417. The van der Waals surface area contributed by atoms with E-state index in [1.807, 2.05) is 6.07 Å². The van der Waals surface area contributed by atoms with Gasteiger partial charge in [0, 0.05) is 14.2 Å². The SMILES string of the molecule is COC[C@@H](C#N)OC. The van der Waals surface area contributed by atoms with Gasteiger partial charge in [-0.05, 0) is 0 Å². The molecule has 0 heterocycles. The van der Waals surface area contributed by atoms with Crippen molar-refractivity contribution in [3.05, 3.63) is 0 Å². The van der Waals surface area contributed by atoms with Gasteiger partial charge in [0.15, 0.2) is 6.10 Å². The molecule has 0 saturated heterocycles. The Balaban J connectivity index is 3.26. The molecule has 0 amide bonds. The normalized spacial score (nSPS) is 12.6. The van der Waals surface area contributed by atoms with Crippen molar-refractivity contribution in [2.75, 3.05) is 20.8 Å². The van der Waals surface area contributed by atoms with Crippen LogP contribution < -0.4 is 0 Å². The number of nitriles is 1. The Morgan fingerprint density at radius 2 is 2.25 bits per heavy atom. The van der Waals surface area contributed by atoms with Crippen LogP contribution in [0.2, 0.25) is 0 Å². The molecule has 0 aliphatic heterocycles. The van der Waals surface area contributed by atoms with Gasteiger partial charge in [-0.25, -0.2) is 0 Å². The second-order valence-electron chi connectivity index (χ2n) is 1.31. The topological polar surface area (TPSA) is 42.2 Å². The minimum atomic E-state index is -0.417. The molecule has 0 rings (SSSR count). The van der Waals surface area contributed by atoms with Crippen LogP contribution in [-0.4, -0.2) is 26.9 Å². The number of rotatable bonds is 3. The molecule has 0 aromatic rings. The summed E-state index contributed by atoms with van der Waals surface area (Å²) in [5.41, 5.74) is 0. The van der Waals surface area contributed by atoms with Gasteiger partial charge < -0.3 is 9.47 Å². The predicted molar refractivity (Wildman–Crippen MR) is 28.3 cm³/mol. The Bertz CT molecular complexity index is 86.9. The fraction of sp³-hybridized carbons (Fsp3) is 0.800. The van der Waals surface area contributed by atoms with E-state index in [1.54, 1.807) is 0 Å². The Morgan fingerprint density at radius 3 is 2.38 bits per heavy atom. The van der Waals surface area contributed by atoms with Gasteiger partial charge in [0.1, 0.15) is 0 Å². The second-order valence-corrected chi connectivity index (χ2v) is 1.31. The molecule has 0 fully saturated rings. The maximum absolute atomic E-state index is 8.20. The molecule has 0 bridgehead atoms. The first-order valence-corrected chi connectivity index (χ1v) is 2.26. The van der Waals surface area contributed by atoms with Crippen molar-refractivity contribution in [1.29, 1.82) is 5.26 Å². The van der Waals surface area contributed by atoms with E-state index in [1.165, 1.54) is 14.2 Å². The van der Waals surface area contributed by atoms with Gasteiger partial charge in [0.05, 0.1) is 12.7 Å². The fourth-order valence-electron chi connectivity index (χ4n) is 0.309. The zero-order valence-electron chi connectivity index (χ0n) is 5.05. The number of hydrogen-bond donors (Lipinski definition) is 0. The molecule has 1 atom stereocenters. The minimum absolute atomic E-state index is 0.340. The predicted octanol–water partition coefficient (Wildman–Crippen LogP) is 0.171. The van der Waals surface area contributed by atoms with E-state index in [-0.39, 0.29) is 0 Å². The third-order valence-corrected chi connectivity index (χ3v) is 0.747. The molecular weight excluding hydrogens is 106 g/mol. The summed E-state index contributed by atoms with van der Waals surface area (Å²) in [6, 6.07) is 1.91. The van der Waals surface area contributed by atoms with Crippen LogP contribution in [0.25, 0.3) is 0 Å². The summed E-state index contributed by atoms with van der Waals surface area (Å²) >= 11 is 0. The summed E-state index contributed by atoms with van der Waals surface area (Å²) in [4.78, 5) is 0. The fourth-order valence-corrected chi connectivity index (χ4v) is 0.309. The zero-order valence-corrected chi connectivity index (χ0v) is 5.05. The Kier molecular flexibility index (Phi) is 4.23. The van der Waals surface area contributed by atoms with Crippen LogP contribution in [0.3, 0.4) is 0 Å². The highest BCUT2D eigenvalue weighted by Crippen LogP contribution is 1.85. The van der Waals surface area contributed by atoms with Crippen molar-refractivity contribution in [2.24, 2.45) is 0 Å². The minimum Gasteiger partial charge on any atom is -0.381 e. The lowest BCUT2D eigenvalue weighted by Gasteiger charge is -2.02. The molecule has 0 aromatic heterocycles. The lowest BCUT2D eigenvalue weighted by molar-refractivity contribution is 0.0616. The van der Waals surface area contributed by atoms with Crippen molar-refractivity contribution in [2.45, 2.75) is 6.10 Å². The van der Waals surface area contributed by atoms with Crippen LogP contribution in [0.4, 0.5) is 0 Å². The van der Waals surface area contributed by atoms with Crippen LogP contribution in [0.1, 0.15) is 0 Å². The third kappa shape index (κ3) is 2.56. The first-order valence-electron chi connectivity index (χ1n) is 2.26.